The second kappa shape index (κ2) is 10.3. The van der Waals surface area contributed by atoms with Crippen LogP contribution in [-0.2, 0) is 6.61 Å². The van der Waals surface area contributed by atoms with Crippen LogP contribution < -0.4 is 10.1 Å². The molecular weight excluding hydrogens is 492 g/mol. The van der Waals surface area contributed by atoms with Crippen molar-refractivity contribution in [3.8, 4) is 23.1 Å². The summed E-state index contributed by atoms with van der Waals surface area (Å²) in [5.74, 6) is 0.331. The molecule has 1 aromatic heterocycles. The summed E-state index contributed by atoms with van der Waals surface area (Å²) in [5, 5.41) is 15.3. The fourth-order valence-corrected chi connectivity index (χ4v) is 5.43. The Balaban J connectivity index is 1.41. The maximum atomic E-state index is 12.3. The second-order valence-electron chi connectivity index (χ2n) is 8.38. The summed E-state index contributed by atoms with van der Waals surface area (Å²) < 4.78 is 5.91. The van der Waals surface area contributed by atoms with Crippen LogP contribution >= 0.6 is 22.9 Å². The van der Waals surface area contributed by atoms with E-state index in [1.807, 2.05) is 73.0 Å². The monoisotopic (exact) mass is 512 g/mol. The van der Waals surface area contributed by atoms with Crippen LogP contribution in [0, 0.1) is 11.3 Å². The van der Waals surface area contributed by atoms with E-state index in [1.165, 1.54) is 11.3 Å². The van der Waals surface area contributed by atoms with Crippen molar-refractivity contribution >= 4 is 34.7 Å². The average molecular weight is 513 g/mol. The number of nitrogens with zero attached hydrogens (tertiary/aromatic N) is 3. The molecular formula is C28H21ClN4O2S. The summed E-state index contributed by atoms with van der Waals surface area (Å²) in [7, 11) is 0. The number of aromatic nitrogens is 1. The van der Waals surface area contributed by atoms with Gasteiger partial charge in [-0.15, -0.1) is 11.3 Å². The molecule has 6 nitrogen and oxygen atoms in total. The largest absolute Gasteiger partial charge is 0.487 e. The zero-order valence-electron chi connectivity index (χ0n) is 19.3. The standard InChI is InChI=1S/C28H21ClN4O2S/c1-17-25(27-32-23(16-36-27)20-9-7-18(14-30)8-10-20)26(33-28(34)31-17)21-11-12-24(22(29)13-21)35-15-19-5-3-2-4-6-19/h2-13,16,25-26H,15H2,1H3,(H,33,34). The average Bonchev–Trinajstić information content (AvgIpc) is 3.38. The number of benzene rings is 3. The van der Waals surface area contributed by atoms with E-state index in [4.69, 9.17) is 26.6 Å². The fraction of sp³-hybridized carbons (Fsp3) is 0.143. The highest BCUT2D eigenvalue weighted by Gasteiger charge is 2.35. The van der Waals surface area contributed by atoms with Gasteiger partial charge in [0.2, 0.25) is 0 Å². The molecule has 0 spiro atoms. The summed E-state index contributed by atoms with van der Waals surface area (Å²) in [6, 6.07) is 24.1. The fourth-order valence-electron chi connectivity index (χ4n) is 4.16. The van der Waals surface area contributed by atoms with Crippen molar-refractivity contribution in [3.05, 3.63) is 105 Å². The van der Waals surface area contributed by atoms with Gasteiger partial charge >= 0.3 is 6.03 Å². The number of urea groups is 1. The molecule has 0 bridgehead atoms. The predicted molar refractivity (Wildman–Crippen MR) is 142 cm³/mol. The van der Waals surface area contributed by atoms with Crippen LogP contribution in [0.1, 0.15) is 40.6 Å². The highest BCUT2D eigenvalue weighted by Crippen LogP contribution is 2.39. The topological polar surface area (TPSA) is 87.4 Å². The molecule has 2 atom stereocenters. The summed E-state index contributed by atoms with van der Waals surface area (Å²) >= 11 is 8.10. The number of carbonyl (C=O) groups excluding carboxylic acids is 1. The van der Waals surface area contributed by atoms with Gasteiger partial charge in [0, 0.05) is 16.7 Å². The third kappa shape index (κ3) is 5.01. The van der Waals surface area contributed by atoms with Crippen molar-refractivity contribution in [2.75, 3.05) is 0 Å². The van der Waals surface area contributed by atoms with E-state index in [0.717, 1.165) is 27.4 Å². The van der Waals surface area contributed by atoms with Crippen molar-refractivity contribution in [2.45, 2.75) is 25.5 Å². The molecule has 5 rings (SSSR count). The van der Waals surface area contributed by atoms with Crippen LogP contribution in [-0.4, -0.2) is 16.7 Å². The Labute approximate surface area is 217 Å². The lowest BCUT2D eigenvalue weighted by Gasteiger charge is -2.30. The first-order valence-electron chi connectivity index (χ1n) is 11.3. The summed E-state index contributed by atoms with van der Waals surface area (Å²) in [6.45, 7) is 2.25. The Morgan fingerprint density at radius 1 is 1.11 bits per heavy atom. The number of amides is 2. The summed E-state index contributed by atoms with van der Waals surface area (Å²) in [5.41, 5.74) is 4.90. The van der Waals surface area contributed by atoms with Crippen molar-refractivity contribution in [3.63, 3.8) is 0 Å². The van der Waals surface area contributed by atoms with Gasteiger partial charge < -0.3 is 10.1 Å². The molecule has 0 saturated carbocycles. The lowest BCUT2D eigenvalue weighted by atomic mass is 9.88. The molecule has 0 fully saturated rings. The van der Waals surface area contributed by atoms with Gasteiger partial charge in [0.25, 0.3) is 0 Å². The Morgan fingerprint density at radius 2 is 1.89 bits per heavy atom. The number of halogens is 1. The van der Waals surface area contributed by atoms with Gasteiger partial charge in [-0.25, -0.2) is 14.8 Å². The van der Waals surface area contributed by atoms with Gasteiger partial charge in [-0.3, -0.25) is 0 Å². The molecule has 0 radical (unpaired) electrons. The van der Waals surface area contributed by atoms with Gasteiger partial charge in [-0.2, -0.15) is 5.26 Å². The Bertz CT molecular complexity index is 1480. The first-order chi connectivity index (χ1) is 17.5. The molecule has 1 aliphatic heterocycles. The third-order valence-corrected chi connectivity index (χ3v) is 7.21. The number of nitrogens with one attached hydrogen (secondary N) is 1. The third-order valence-electron chi connectivity index (χ3n) is 5.99. The van der Waals surface area contributed by atoms with Crippen LogP contribution in [0.15, 0.2) is 83.2 Å². The lowest BCUT2D eigenvalue weighted by Crippen LogP contribution is -2.38. The molecule has 1 aliphatic rings. The van der Waals surface area contributed by atoms with Gasteiger partial charge in [0.1, 0.15) is 17.4 Å². The smallest absolute Gasteiger partial charge is 0.341 e. The number of hydrogen-bond donors (Lipinski definition) is 1. The second-order valence-corrected chi connectivity index (χ2v) is 9.68. The van der Waals surface area contributed by atoms with Crippen LogP contribution in [0.3, 0.4) is 0 Å². The lowest BCUT2D eigenvalue weighted by molar-refractivity contribution is 0.243. The minimum atomic E-state index is -0.391. The minimum Gasteiger partial charge on any atom is -0.487 e. The maximum absolute atomic E-state index is 12.3. The number of thiazole rings is 1. The van der Waals surface area contributed by atoms with Crippen LogP contribution in [0.4, 0.5) is 4.79 Å². The molecule has 0 aliphatic carbocycles. The molecule has 4 aromatic rings. The van der Waals surface area contributed by atoms with Crippen LogP contribution in [0.5, 0.6) is 5.75 Å². The predicted octanol–water partition coefficient (Wildman–Crippen LogP) is 6.92. The molecule has 3 aromatic carbocycles. The van der Waals surface area contributed by atoms with Crippen molar-refractivity contribution in [1.29, 1.82) is 5.26 Å². The summed E-state index contributed by atoms with van der Waals surface area (Å²) in [4.78, 5) is 21.4. The van der Waals surface area contributed by atoms with Crippen LogP contribution in [0.25, 0.3) is 11.3 Å². The summed E-state index contributed by atoms with van der Waals surface area (Å²) in [6.07, 6.45) is 0. The number of aliphatic imine (C=N–C) groups is 1. The van der Waals surface area contributed by atoms with E-state index < -0.39 is 6.03 Å². The molecule has 1 N–H and O–H groups in total. The first-order valence-corrected chi connectivity index (χ1v) is 12.6. The zero-order chi connectivity index (χ0) is 25.1. The number of rotatable bonds is 6. The molecule has 8 heteroatoms. The Morgan fingerprint density at radius 3 is 2.61 bits per heavy atom. The number of carbonyl (C=O) groups is 1. The van der Waals surface area contributed by atoms with Crippen molar-refractivity contribution < 1.29 is 9.53 Å². The molecule has 178 valence electrons. The van der Waals surface area contributed by atoms with Gasteiger partial charge in [-0.05, 0) is 42.3 Å². The van der Waals surface area contributed by atoms with E-state index in [9.17, 15) is 4.79 Å². The van der Waals surface area contributed by atoms with Gasteiger partial charge in [0.15, 0.2) is 0 Å². The van der Waals surface area contributed by atoms with E-state index >= 15 is 0 Å². The minimum absolute atomic E-state index is 0.244. The maximum Gasteiger partial charge on any atom is 0.341 e. The molecule has 2 heterocycles. The van der Waals surface area contributed by atoms with Gasteiger partial charge in [-0.1, -0.05) is 60.1 Å². The highest BCUT2D eigenvalue weighted by atomic mass is 35.5. The molecule has 2 unspecified atom stereocenters. The zero-order valence-corrected chi connectivity index (χ0v) is 20.9. The van der Waals surface area contributed by atoms with Crippen LogP contribution in [0.2, 0.25) is 5.02 Å². The molecule has 0 saturated heterocycles. The SMILES string of the molecule is CC1=NC(=O)NC(c2ccc(OCc3ccccc3)c(Cl)c2)C1c1nc(-c2ccc(C#N)cc2)cs1. The van der Waals surface area contributed by atoms with E-state index in [1.54, 1.807) is 12.1 Å². The first kappa shape index (κ1) is 23.7. The number of nitriles is 1. The van der Waals surface area contributed by atoms with Crippen molar-refractivity contribution in [2.24, 2.45) is 4.99 Å². The number of hydrogen-bond acceptors (Lipinski definition) is 5. The van der Waals surface area contributed by atoms with Gasteiger partial charge in [0.05, 0.1) is 34.3 Å². The quantitative estimate of drug-likeness (QED) is 0.303. The highest BCUT2D eigenvalue weighted by molar-refractivity contribution is 7.10. The molecule has 36 heavy (non-hydrogen) atoms. The van der Waals surface area contributed by atoms with E-state index in [0.29, 0.717) is 28.7 Å². The Kier molecular flexibility index (Phi) is 6.81. The van der Waals surface area contributed by atoms with Crippen molar-refractivity contribution in [1.82, 2.24) is 10.3 Å². The van der Waals surface area contributed by atoms with E-state index in [2.05, 4.69) is 16.4 Å². The number of ether oxygens (including phenoxy) is 1. The normalized spacial score (nSPS) is 17.1. The Hall–Kier alpha value is -3.99. The van der Waals surface area contributed by atoms with E-state index in [-0.39, 0.29) is 12.0 Å². The molecule has 2 amide bonds.